The smallest absolute Gasteiger partial charge is 0.254 e. The van der Waals surface area contributed by atoms with Crippen molar-refractivity contribution in [3.05, 3.63) is 48.5 Å². The molecule has 0 radical (unpaired) electrons. The van der Waals surface area contributed by atoms with Gasteiger partial charge in [-0.3, -0.25) is 9.20 Å². The molecule has 27 heavy (non-hydrogen) atoms. The molecular formula is C20H23N5O2. The van der Waals surface area contributed by atoms with Gasteiger partial charge in [0.1, 0.15) is 6.33 Å². The Bertz CT molecular complexity index is 935. The minimum Gasteiger partial charge on any atom is -0.377 e. The topological polar surface area (TPSA) is 72.6 Å². The van der Waals surface area contributed by atoms with Gasteiger partial charge in [-0.15, -0.1) is 10.2 Å². The van der Waals surface area contributed by atoms with Gasteiger partial charge in [0, 0.05) is 30.1 Å². The van der Waals surface area contributed by atoms with Crippen molar-refractivity contribution in [2.24, 2.45) is 5.92 Å². The third-order valence-corrected chi connectivity index (χ3v) is 4.85. The summed E-state index contributed by atoms with van der Waals surface area (Å²) in [4.78, 5) is 19.3. The second kappa shape index (κ2) is 7.44. The van der Waals surface area contributed by atoms with Gasteiger partial charge < -0.3 is 9.64 Å². The number of hydrogen-bond acceptors (Lipinski definition) is 5. The van der Waals surface area contributed by atoms with Crippen molar-refractivity contribution in [2.45, 2.75) is 26.3 Å². The molecule has 1 aliphatic rings. The summed E-state index contributed by atoms with van der Waals surface area (Å²) >= 11 is 0. The highest BCUT2D eigenvalue weighted by Crippen LogP contribution is 2.22. The van der Waals surface area contributed by atoms with Gasteiger partial charge >= 0.3 is 0 Å². The Morgan fingerprint density at radius 1 is 1.26 bits per heavy atom. The summed E-state index contributed by atoms with van der Waals surface area (Å²) in [6.07, 6.45) is 6.27. The number of hydrogen-bond donors (Lipinski definition) is 0. The predicted octanol–water partition coefficient (Wildman–Crippen LogP) is 2.68. The van der Waals surface area contributed by atoms with Crippen LogP contribution in [0.3, 0.4) is 0 Å². The summed E-state index contributed by atoms with van der Waals surface area (Å²) in [5.74, 6) is 1.16. The molecule has 1 saturated heterocycles. The highest BCUT2D eigenvalue weighted by atomic mass is 16.5. The van der Waals surface area contributed by atoms with Crippen molar-refractivity contribution >= 4 is 11.7 Å². The van der Waals surface area contributed by atoms with Gasteiger partial charge in [-0.2, -0.15) is 0 Å². The van der Waals surface area contributed by atoms with E-state index in [1.807, 2.05) is 35.4 Å². The van der Waals surface area contributed by atoms with Crippen LogP contribution in [0.15, 0.2) is 43.0 Å². The van der Waals surface area contributed by atoms with E-state index in [9.17, 15) is 4.79 Å². The molecule has 140 valence electrons. The highest BCUT2D eigenvalue weighted by Gasteiger charge is 2.28. The first kappa shape index (κ1) is 17.6. The van der Waals surface area contributed by atoms with E-state index in [0.717, 1.165) is 17.5 Å². The van der Waals surface area contributed by atoms with E-state index >= 15 is 0 Å². The van der Waals surface area contributed by atoms with Gasteiger partial charge in [-0.25, -0.2) is 4.98 Å². The fraction of sp³-hybridized carbons (Fsp3) is 0.400. The molecule has 0 aliphatic carbocycles. The van der Waals surface area contributed by atoms with E-state index in [1.165, 1.54) is 0 Å². The van der Waals surface area contributed by atoms with Crippen molar-refractivity contribution < 1.29 is 9.53 Å². The largest absolute Gasteiger partial charge is 0.377 e. The highest BCUT2D eigenvalue weighted by molar-refractivity contribution is 5.95. The first-order chi connectivity index (χ1) is 13.1. The van der Waals surface area contributed by atoms with Crippen molar-refractivity contribution in [1.82, 2.24) is 24.5 Å². The summed E-state index contributed by atoms with van der Waals surface area (Å²) in [7, 11) is 0. The van der Waals surface area contributed by atoms with Crippen LogP contribution in [0.2, 0.25) is 0 Å². The SMILES string of the molecule is CC(C)C[C@@H]1COCCN1C(=O)c1ccc(-c2cnc3nncn3c2)cc1. The fourth-order valence-electron chi connectivity index (χ4n) is 3.51. The summed E-state index contributed by atoms with van der Waals surface area (Å²) in [6, 6.07) is 7.83. The number of morpholine rings is 1. The molecule has 7 nitrogen and oxygen atoms in total. The standard InChI is InChI=1S/C20H23N5O2/c1-14(2)9-18-12-27-8-7-25(18)19(26)16-5-3-15(4-6-16)17-10-21-20-23-22-13-24(20)11-17/h3-6,10-11,13-14,18H,7-9,12H2,1-2H3/t18-/m1/s1. The molecule has 1 fully saturated rings. The fourth-order valence-corrected chi connectivity index (χ4v) is 3.51. The zero-order valence-electron chi connectivity index (χ0n) is 15.6. The number of ether oxygens (including phenoxy) is 1. The molecule has 0 unspecified atom stereocenters. The third-order valence-electron chi connectivity index (χ3n) is 4.85. The van der Waals surface area contributed by atoms with Gasteiger partial charge in [0.15, 0.2) is 0 Å². The molecule has 7 heteroatoms. The van der Waals surface area contributed by atoms with Crippen LogP contribution in [0.1, 0.15) is 30.6 Å². The number of carbonyl (C=O) groups is 1. The Kier molecular flexibility index (Phi) is 4.85. The molecule has 0 N–H and O–H groups in total. The minimum absolute atomic E-state index is 0.0721. The number of carbonyl (C=O) groups excluding carboxylic acids is 1. The van der Waals surface area contributed by atoms with Crippen LogP contribution >= 0.6 is 0 Å². The molecule has 1 aliphatic heterocycles. The number of nitrogens with zero attached hydrogens (tertiary/aromatic N) is 5. The number of benzene rings is 1. The molecule has 0 saturated carbocycles. The van der Waals surface area contributed by atoms with Crippen LogP contribution in [0.25, 0.3) is 16.9 Å². The normalized spacial score (nSPS) is 17.6. The minimum atomic E-state index is 0.0721. The van der Waals surface area contributed by atoms with Gasteiger partial charge in [-0.1, -0.05) is 26.0 Å². The lowest BCUT2D eigenvalue weighted by Crippen LogP contribution is -2.49. The number of fused-ring (bicyclic) bond motifs is 1. The van der Waals surface area contributed by atoms with Crippen LogP contribution in [-0.2, 0) is 4.74 Å². The second-order valence-electron chi connectivity index (χ2n) is 7.32. The van der Waals surface area contributed by atoms with E-state index in [2.05, 4.69) is 29.0 Å². The zero-order valence-corrected chi connectivity index (χ0v) is 15.6. The van der Waals surface area contributed by atoms with E-state index in [1.54, 1.807) is 16.9 Å². The number of rotatable bonds is 4. The molecule has 3 heterocycles. The molecule has 1 atom stereocenters. The maximum absolute atomic E-state index is 13.0. The Morgan fingerprint density at radius 3 is 2.85 bits per heavy atom. The van der Waals surface area contributed by atoms with Gasteiger partial charge in [-0.05, 0) is 30.0 Å². The van der Waals surface area contributed by atoms with Gasteiger partial charge in [0.2, 0.25) is 0 Å². The van der Waals surface area contributed by atoms with Crippen LogP contribution in [0.5, 0.6) is 0 Å². The molecule has 1 aromatic carbocycles. The average Bonchev–Trinajstić information content (AvgIpc) is 3.15. The van der Waals surface area contributed by atoms with Crippen LogP contribution in [0.4, 0.5) is 0 Å². The first-order valence-electron chi connectivity index (χ1n) is 9.26. The van der Waals surface area contributed by atoms with Crippen LogP contribution in [-0.4, -0.2) is 56.2 Å². The van der Waals surface area contributed by atoms with E-state index in [4.69, 9.17) is 4.74 Å². The van der Waals surface area contributed by atoms with Crippen molar-refractivity contribution in [2.75, 3.05) is 19.8 Å². The lowest BCUT2D eigenvalue weighted by atomic mass is 10.0. The first-order valence-corrected chi connectivity index (χ1v) is 9.26. The van der Waals surface area contributed by atoms with Crippen LogP contribution < -0.4 is 0 Å². The average molecular weight is 365 g/mol. The molecule has 2 aromatic heterocycles. The Balaban J connectivity index is 1.54. The third kappa shape index (κ3) is 3.68. The number of aromatic nitrogens is 4. The second-order valence-corrected chi connectivity index (χ2v) is 7.32. The molecule has 3 aromatic rings. The summed E-state index contributed by atoms with van der Waals surface area (Å²) in [6.45, 7) is 6.21. The monoisotopic (exact) mass is 365 g/mol. The van der Waals surface area contributed by atoms with Crippen molar-refractivity contribution in [1.29, 1.82) is 0 Å². The van der Waals surface area contributed by atoms with Crippen molar-refractivity contribution in [3.8, 4) is 11.1 Å². The summed E-state index contributed by atoms with van der Waals surface area (Å²) in [5, 5.41) is 7.75. The molecule has 4 rings (SSSR count). The lowest BCUT2D eigenvalue weighted by Gasteiger charge is -2.36. The van der Waals surface area contributed by atoms with Crippen molar-refractivity contribution in [3.63, 3.8) is 0 Å². The van der Waals surface area contributed by atoms with E-state index in [0.29, 0.717) is 37.0 Å². The van der Waals surface area contributed by atoms with Crippen LogP contribution in [0, 0.1) is 5.92 Å². The Labute approximate surface area is 158 Å². The van der Waals surface area contributed by atoms with Gasteiger partial charge in [0.25, 0.3) is 11.7 Å². The molecular weight excluding hydrogens is 342 g/mol. The summed E-state index contributed by atoms with van der Waals surface area (Å²) in [5.41, 5.74) is 2.65. The maximum Gasteiger partial charge on any atom is 0.254 e. The van der Waals surface area contributed by atoms with Gasteiger partial charge in [0.05, 0.1) is 19.3 Å². The molecule has 0 spiro atoms. The maximum atomic E-state index is 13.0. The lowest BCUT2D eigenvalue weighted by molar-refractivity contribution is -0.00746. The quantitative estimate of drug-likeness (QED) is 0.711. The number of amides is 1. The summed E-state index contributed by atoms with van der Waals surface area (Å²) < 4.78 is 7.37. The van der Waals surface area contributed by atoms with E-state index < -0.39 is 0 Å². The Morgan fingerprint density at radius 2 is 2.07 bits per heavy atom. The van der Waals surface area contributed by atoms with E-state index in [-0.39, 0.29) is 11.9 Å². The predicted molar refractivity (Wildman–Crippen MR) is 101 cm³/mol. The zero-order chi connectivity index (χ0) is 18.8. The Hall–Kier alpha value is -2.80. The molecule has 0 bridgehead atoms. The molecule has 1 amide bonds.